The third-order valence-corrected chi connectivity index (χ3v) is 3.13. The Morgan fingerprint density at radius 1 is 1.40 bits per heavy atom. The normalized spacial score (nSPS) is 23.7. The van der Waals surface area contributed by atoms with E-state index in [4.69, 9.17) is 0 Å². The summed E-state index contributed by atoms with van der Waals surface area (Å²) in [5, 5.41) is 0. The van der Waals surface area contributed by atoms with Gasteiger partial charge in [-0.1, -0.05) is 34.6 Å². The Bertz CT molecular complexity index is 227. The second-order valence-electron chi connectivity index (χ2n) is 6.21. The zero-order valence-electron chi connectivity index (χ0n) is 10.8. The van der Waals surface area contributed by atoms with E-state index in [1.807, 2.05) is 0 Å². The first-order valence-electron chi connectivity index (χ1n) is 6.12. The van der Waals surface area contributed by atoms with E-state index < -0.39 is 0 Å². The van der Waals surface area contributed by atoms with E-state index in [-0.39, 0.29) is 5.41 Å². The van der Waals surface area contributed by atoms with Gasteiger partial charge in [0.15, 0.2) is 0 Å². The molecule has 0 saturated carbocycles. The molecule has 1 atom stereocenters. The first-order chi connectivity index (χ1) is 6.82. The van der Waals surface area contributed by atoms with Crippen LogP contribution >= 0.6 is 0 Å². The van der Waals surface area contributed by atoms with Crippen molar-refractivity contribution in [2.75, 3.05) is 6.54 Å². The summed E-state index contributed by atoms with van der Waals surface area (Å²) in [7, 11) is 0. The lowest BCUT2D eigenvalue weighted by atomic mass is 9.80. The van der Waals surface area contributed by atoms with Crippen molar-refractivity contribution in [3.63, 3.8) is 0 Å². The summed E-state index contributed by atoms with van der Waals surface area (Å²) in [6, 6.07) is 0.432. The Kier molecular flexibility index (Phi) is 3.80. The van der Waals surface area contributed by atoms with Gasteiger partial charge in [0.05, 0.1) is 0 Å². The number of carbonyl (C=O) groups excluding carboxylic acids is 1. The van der Waals surface area contributed by atoms with Crippen LogP contribution in [0.5, 0.6) is 0 Å². The molecule has 2 heteroatoms. The molecule has 1 rings (SSSR count). The van der Waals surface area contributed by atoms with Crippen LogP contribution in [0.1, 0.15) is 53.9 Å². The number of amides is 1. The van der Waals surface area contributed by atoms with Crippen LogP contribution < -0.4 is 0 Å². The maximum absolute atomic E-state index is 11.9. The third kappa shape index (κ3) is 3.22. The molecule has 1 saturated heterocycles. The summed E-state index contributed by atoms with van der Waals surface area (Å²) in [5.41, 5.74) is 0.213. The van der Waals surface area contributed by atoms with Gasteiger partial charge in [0.25, 0.3) is 0 Å². The summed E-state index contributed by atoms with van der Waals surface area (Å²) in [4.78, 5) is 14.0. The summed E-state index contributed by atoms with van der Waals surface area (Å²) in [5.74, 6) is 0.923. The Morgan fingerprint density at radius 3 is 2.47 bits per heavy atom. The number of hydrogen-bond donors (Lipinski definition) is 0. The van der Waals surface area contributed by atoms with Crippen LogP contribution in [0.2, 0.25) is 0 Å². The standard InChI is InChI=1S/C13H25NO/c1-10(2)9-14-11(13(3,4)5)7-6-8-12(14)15/h10-11H,6-9H2,1-5H3. The molecule has 1 aliphatic rings. The second-order valence-corrected chi connectivity index (χ2v) is 6.21. The summed E-state index contributed by atoms with van der Waals surface area (Å²) in [6.45, 7) is 12.0. The van der Waals surface area contributed by atoms with E-state index in [2.05, 4.69) is 39.5 Å². The molecule has 0 radical (unpaired) electrons. The highest BCUT2D eigenvalue weighted by Gasteiger charge is 2.35. The van der Waals surface area contributed by atoms with Gasteiger partial charge in [-0.3, -0.25) is 4.79 Å². The zero-order valence-corrected chi connectivity index (χ0v) is 10.8. The van der Waals surface area contributed by atoms with Crippen molar-refractivity contribution in [1.82, 2.24) is 4.90 Å². The Balaban J connectivity index is 2.78. The highest BCUT2D eigenvalue weighted by Crippen LogP contribution is 2.32. The van der Waals surface area contributed by atoms with Crippen LogP contribution in [0.25, 0.3) is 0 Å². The van der Waals surface area contributed by atoms with Crippen LogP contribution in [0.3, 0.4) is 0 Å². The molecule has 1 aliphatic heterocycles. The molecule has 15 heavy (non-hydrogen) atoms. The molecule has 0 aromatic carbocycles. The van der Waals surface area contributed by atoms with E-state index in [9.17, 15) is 4.79 Å². The predicted octanol–water partition coefficient (Wildman–Crippen LogP) is 3.07. The van der Waals surface area contributed by atoms with Gasteiger partial charge in [-0.05, 0) is 24.2 Å². The van der Waals surface area contributed by atoms with Gasteiger partial charge >= 0.3 is 0 Å². The summed E-state index contributed by atoms with van der Waals surface area (Å²) >= 11 is 0. The number of nitrogens with zero attached hydrogens (tertiary/aromatic N) is 1. The van der Waals surface area contributed by atoms with Gasteiger partial charge in [0, 0.05) is 19.0 Å². The first-order valence-corrected chi connectivity index (χ1v) is 6.12. The lowest BCUT2D eigenvalue weighted by Gasteiger charge is -2.44. The van der Waals surface area contributed by atoms with Gasteiger partial charge in [0.2, 0.25) is 5.91 Å². The highest BCUT2D eigenvalue weighted by molar-refractivity contribution is 5.77. The number of rotatable bonds is 2. The molecule has 0 spiro atoms. The average Bonchev–Trinajstić information content (AvgIpc) is 2.05. The van der Waals surface area contributed by atoms with Crippen molar-refractivity contribution in [2.24, 2.45) is 11.3 Å². The SMILES string of the molecule is CC(C)CN1C(=O)CCCC1C(C)(C)C. The third-order valence-electron chi connectivity index (χ3n) is 3.13. The van der Waals surface area contributed by atoms with Crippen LogP contribution in [-0.4, -0.2) is 23.4 Å². The van der Waals surface area contributed by atoms with Gasteiger partial charge in [0.1, 0.15) is 0 Å². The van der Waals surface area contributed by atoms with Gasteiger partial charge in [-0.2, -0.15) is 0 Å². The number of piperidine rings is 1. The molecule has 0 aliphatic carbocycles. The molecule has 1 fully saturated rings. The smallest absolute Gasteiger partial charge is 0.222 e. The van der Waals surface area contributed by atoms with Gasteiger partial charge in [-0.25, -0.2) is 0 Å². The van der Waals surface area contributed by atoms with Crippen molar-refractivity contribution in [2.45, 2.75) is 59.9 Å². The van der Waals surface area contributed by atoms with Crippen LogP contribution in [0.4, 0.5) is 0 Å². The minimum atomic E-state index is 0.213. The maximum Gasteiger partial charge on any atom is 0.222 e. The maximum atomic E-state index is 11.9. The average molecular weight is 211 g/mol. The molecule has 0 bridgehead atoms. The quantitative estimate of drug-likeness (QED) is 0.687. The van der Waals surface area contributed by atoms with Crippen molar-refractivity contribution in [1.29, 1.82) is 0 Å². The summed E-state index contributed by atoms with van der Waals surface area (Å²) < 4.78 is 0. The van der Waals surface area contributed by atoms with E-state index in [1.54, 1.807) is 0 Å². The fourth-order valence-electron chi connectivity index (χ4n) is 2.44. The van der Waals surface area contributed by atoms with E-state index in [1.165, 1.54) is 6.42 Å². The van der Waals surface area contributed by atoms with E-state index >= 15 is 0 Å². The Morgan fingerprint density at radius 2 is 2.00 bits per heavy atom. The molecular weight excluding hydrogens is 186 g/mol. The molecule has 1 amide bonds. The Labute approximate surface area is 94.0 Å². The van der Waals surface area contributed by atoms with Crippen LogP contribution in [-0.2, 0) is 4.79 Å². The van der Waals surface area contributed by atoms with Gasteiger partial charge in [-0.15, -0.1) is 0 Å². The lowest BCUT2D eigenvalue weighted by molar-refractivity contribution is -0.140. The minimum absolute atomic E-state index is 0.213. The highest BCUT2D eigenvalue weighted by atomic mass is 16.2. The Hall–Kier alpha value is -0.530. The van der Waals surface area contributed by atoms with Crippen LogP contribution in [0.15, 0.2) is 0 Å². The molecule has 0 aromatic heterocycles. The first kappa shape index (κ1) is 12.5. The number of hydrogen-bond acceptors (Lipinski definition) is 1. The van der Waals surface area contributed by atoms with Gasteiger partial charge < -0.3 is 4.90 Å². The largest absolute Gasteiger partial charge is 0.339 e. The fourth-order valence-corrected chi connectivity index (χ4v) is 2.44. The van der Waals surface area contributed by atoms with Crippen molar-refractivity contribution in [3.05, 3.63) is 0 Å². The van der Waals surface area contributed by atoms with Crippen molar-refractivity contribution in [3.8, 4) is 0 Å². The summed E-state index contributed by atoms with van der Waals surface area (Å²) in [6.07, 6.45) is 2.98. The molecule has 1 unspecified atom stereocenters. The monoisotopic (exact) mass is 211 g/mol. The molecule has 0 aromatic rings. The number of likely N-dealkylation sites (tertiary alicyclic amines) is 1. The minimum Gasteiger partial charge on any atom is -0.339 e. The van der Waals surface area contributed by atoms with Crippen molar-refractivity contribution >= 4 is 5.91 Å². The zero-order chi connectivity index (χ0) is 11.6. The lowest BCUT2D eigenvalue weighted by Crippen LogP contribution is -2.51. The molecule has 1 heterocycles. The van der Waals surface area contributed by atoms with Crippen molar-refractivity contribution < 1.29 is 4.79 Å². The molecule has 2 nitrogen and oxygen atoms in total. The number of carbonyl (C=O) groups is 1. The fraction of sp³-hybridized carbons (Fsp3) is 0.923. The topological polar surface area (TPSA) is 20.3 Å². The second kappa shape index (κ2) is 4.54. The molecule has 88 valence electrons. The molecular formula is C13H25NO. The van der Waals surface area contributed by atoms with Crippen LogP contribution in [0, 0.1) is 11.3 Å². The van der Waals surface area contributed by atoms with E-state index in [0.29, 0.717) is 17.9 Å². The van der Waals surface area contributed by atoms with E-state index in [0.717, 1.165) is 19.4 Å². The molecule has 0 N–H and O–H groups in total. The predicted molar refractivity (Wildman–Crippen MR) is 63.6 cm³/mol.